The molecular weight excluding hydrogens is 253 g/mol. The van der Waals surface area contributed by atoms with Gasteiger partial charge in [-0.15, -0.1) is 0 Å². The quantitative estimate of drug-likeness (QED) is 0.902. The van der Waals surface area contributed by atoms with Gasteiger partial charge in [0.15, 0.2) is 0 Å². The summed E-state index contributed by atoms with van der Waals surface area (Å²) in [4.78, 5) is 0. The van der Waals surface area contributed by atoms with E-state index in [4.69, 9.17) is 10.5 Å². The second-order valence-electron chi connectivity index (χ2n) is 5.11. The van der Waals surface area contributed by atoms with E-state index in [0.717, 1.165) is 11.3 Å². The van der Waals surface area contributed by atoms with E-state index in [1.807, 2.05) is 44.2 Å². The van der Waals surface area contributed by atoms with Crippen LogP contribution >= 0.6 is 0 Å². The summed E-state index contributed by atoms with van der Waals surface area (Å²) in [7, 11) is 0. The fourth-order valence-electron chi connectivity index (χ4n) is 2.35. The van der Waals surface area contributed by atoms with Crippen molar-refractivity contribution in [2.24, 2.45) is 5.73 Å². The van der Waals surface area contributed by atoms with Crippen LogP contribution < -0.4 is 10.5 Å². The van der Waals surface area contributed by atoms with Crippen LogP contribution in [0.4, 0.5) is 4.39 Å². The van der Waals surface area contributed by atoms with Crippen LogP contribution in [0.15, 0.2) is 48.5 Å². The second kappa shape index (κ2) is 6.06. The number of hydrogen-bond acceptors (Lipinski definition) is 2. The average Bonchev–Trinajstić information content (AvgIpc) is 2.42. The van der Waals surface area contributed by atoms with Crippen LogP contribution in [0.2, 0.25) is 0 Å². The number of para-hydroxylation sites is 1. The van der Waals surface area contributed by atoms with Crippen molar-refractivity contribution in [3.05, 3.63) is 65.5 Å². The van der Waals surface area contributed by atoms with Crippen LogP contribution in [0.3, 0.4) is 0 Å². The molecule has 0 aliphatic rings. The molecule has 0 spiro atoms. The third-order valence-corrected chi connectivity index (χ3v) is 3.32. The van der Waals surface area contributed by atoms with Gasteiger partial charge in [0.25, 0.3) is 0 Å². The zero-order chi connectivity index (χ0) is 14.6. The molecule has 0 amide bonds. The number of rotatable bonds is 5. The maximum Gasteiger partial charge on any atom is 0.126 e. The lowest BCUT2D eigenvalue weighted by atomic mass is 9.86. The van der Waals surface area contributed by atoms with Gasteiger partial charge in [0.05, 0.1) is 6.61 Å². The maximum absolute atomic E-state index is 13.8. The van der Waals surface area contributed by atoms with E-state index in [0.29, 0.717) is 18.6 Å². The zero-order valence-corrected chi connectivity index (χ0v) is 11.9. The monoisotopic (exact) mass is 273 g/mol. The summed E-state index contributed by atoms with van der Waals surface area (Å²) in [5, 5.41) is 0. The molecule has 0 saturated carbocycles. The van der Waals surface area contributed by atoms with Gasteiger partial charge < -0.3 is 10.5 Å². The summed E-state index contributed by atoms with van der Waals surface area (Å²) in [5.41, 5.74) is 7.25. The Morgan fingerprint density at radius 2 is 1.75 bits per heavy atom. The van der Waals surface area contributed by atoms with Crippen LogP contribution in [-0.4, -0.2) is 6.61 Å². The van der Waals surface area contributed by atoms with E-state index in [9.17, 15) is 4.39 Å². The summed E-state index contributed by atoms with van der Waals surface area (Å²) in [6, 6.07) is 14.4. The van der Waals surface area contributed by atoms with Crippen molar-refractivity contribution in [3.63, 3.8) is 0 Å². The zero-order valence-electron chi connectivity index (χ0n) is 11.9. The topological polar surface area (TPSA) is 35.2 Å². The number of hydrogen-bond donors (Lipinski definition) is 1. The van der Waals surface area contributed by atoms with Gasteiger partial charge in [0.2, 0.25) is 0 Å². The molecule has 0 fully saturated rings. The van der Waals surface area contributed by atoms with Crippen LogP contribution in [0.25, 0.3) is 0 Å². The fraction of sp³-hybridized carbons (Fsp3) is 0.294. The summed E-state index contributed by atoms with van der Waals surface area (Å²) < 4.78 is 19.4. The summed E-state index contributed by atoms with van der Waals surface area (Å²) in [6.45, 7) is 4.41. The smallest absolute Gasteiger partial charge is 0.126 e. The van der Waals surface area contributed by atoms with Crippen molar-refractivity contribution in [3.8, 4) is 5.75 Å². The number of ether oxygens (including phenoxy) is 1. The minimum atomic E-state index is -0.687. The molecule has 20 heavy (non-hydrogen) atoms. The van der Waals surface area contributed by atoms with Crippen molar-refractivity contribution < 1.29 is 9.13 Å². The average molecular weight is 273 g/mol. The Morgan fingerprint density at radius 3 is 2.45 bits per heavy atom. The first-order chi connectivity index (χ1) is 9.54. The Kier molecular flexibility index (Phi) is 4.40. The Bertz CT molecular complexity index is 581. The molecule has 2 rings (SSSR count). The van der Waals surface area contributed by atoms with E-state index in [1.165, 1.54) is 6.07 Å². The van der Waals surface area contributed by atoms with Crippen molar-refractivity contribution in [1.29, 1.82) is 0 Å². The van der Waals surface area contributed by atoms with Crippen LogP contribution in [-0.2, 0) is 12.0 Å². The van der Waals surface area contributed by atoms with Gasteiger partial charge in [0.1, 0.15) is 11.6 Å². The molecule has 0 radical (unpaired) electrons. The Hall–Kier alpha value is -1.87. The fourth-order valence-corrected chi connectivity index (χ4v) is 2.35. The molecule has 2 N–H and O–H groups in total. The summed E-state index contributed by atoms with van der Waals surface area (Å²) >= 11 is 0. The van der Waals surface area contributed by atoms with E-state index in [2.05, 4.69) is 0 Å². The van der Waals surface area contributed by atoms with E-state index in [-0.39, 0.29) is 5.82 Å². The van der Waals surface area contributed by atoms with Gasteiger partial charge >= 0.3 is 0 Å². The molecule has 1 unspecified atom stereocenters. The lowest BCUT2D eigenvalue weighted by Gasteiger charge is -2.27. The van der Waals surface area contributed by atoms with Gasteiger partial charge in [-0.2, -0.15) is 0 Å². The Morgan fingerprint density at radius 1 is 1.10 bits per heavy atom. The molecule has 0 aromatic heterocycles. The van der Waals surface area contributed by atoms with Crippen molar-refractivity contribution in [2.75, 3.05) is 6.61 Å². The number of nitrogens with two attached hydrogens (primary N) is 1. The largest absolute Gasteiger partial charge is 0.494 e. The van der Waals surface area contributed by atoms with Gasteiger partial charge in [-0.05, 0) is 38.0 Å². The van der Waals surface area contributed by atoms with Crippen molar-refractivity contribution >= 4 is 0 Å². The first kappa shape index (κ1) is 14.5. The summed E-state index contributed by atoms with van der Waals surface area (Å²) in [5.74, 6) is 0.536. The minimum Gasteiger partial charge on any atom is -0.494 e. The highest BCUT2D eigenvalue weighted by molar-refractivity contribution is 5.40. The molecule has 1 atom stereocenters. The number of halogens is 1. The van der Waals surface area contributed by atoms with E-state index >= 15 is 0 Å². The highest BCUT2D eigenvalue weighted by Crippen LogP contribution is 2.31. The minimum absolute atomic E-state index is 0.224. The van der Waals surface area contributed by atoms with Crippen molar-refractivity contribution in [2.45, 2.75) is 25.8 Å². The molecular formula is C17H20FNO. The first-order valence-corrected chi connectivity index (χ1v) is 6.79. The number of benzene rings is 2. The van der Waals surface area contributed by atoms with Gasteiger partial charge in [-0.1, -0.05) is 36.4 Å². The highest BCUT2D eigenvalue weighted by Gasteiger charge is 2.26. The predicted octanol–water partition coefficient (Wildman–Crippen LogP) is 3.64. The molecule has 3 heteroatoms. The summed E-state index contributed by atoms with van der Waals surface area (Å²) in [6.07, 6.45) is 0.420. The van der Waals surface area contributed by atoms with E-state index in [1.54, 1.807) is 12.1 Å². The molecule has 0 heterocycles. The Balaban J connectivity index is 2.33. The molecule has 0 aliphatic carbocycles. The SMILES string of the molecule is CCOc1ccccc1C(C)(N)Cc1ccccc1F. The van der Waals surface area contributed by atoms with Gasteiger partial charge in [-0.25, -0.2) is 4.39 Å². The van der Waals surface area contributed by atoms with Crippen LogP contribution in [0, 0.1) is 5.82 Å². The lowest BCUT2D eigenvalue weighted by molar-refractivity contribution is 0.325. The third-order valence-electron chi connectivity index (χ3n) is 3.32. The molecule has 0 aliphatic heterocycles. The standard InChI is InChI=1S/C17H20FNO/c1-3-20-16-11-7-5-9-14(16)17(2,19)12-13-8-4-6-10-15(13)18/h4-11H,3,12,19H2,1-2H3. The van der Waals surface area contributed by atoms with Crippen LogP contribution in [0.1, 0.15) is 25.0 Å². The van der Waals surface area contributed by atoms with Gasteiger partial charge in [0, 0.05) is 11.1 Å². The molecule has 2 aromatic rings. The van der Waals surface area contributed by atoms with Crippen molar-refractivity contribution in [1.82, 2.24) is 0 Å². The third kappa shape index (κ3) is 3.17. The van der Waals surface area contributed by atoms with E-state index < -0.39 is 5.54 Å². The first-order valence-electron chi connectivity index (χ1n) is 6.79. The maximum atomic E-state index is 13.8. The predicted molar refractivity (Wildman–Crippen MR) is 79.3 cm³/mol. The molecule has 2 aromatic carbocycles. The molecule has 2 nitrogen and oxygen atoms in total. The van der Waals surface area contributed by atoms with Gasteiger partial charge in [-0.3, -0.25) is 0 Å². The van der Waals surface area contributed by atoms with Crippen LogP contribution in [0.5, 0.6) is 5.75 Å². The highest BCUT2D eigenvalue weighted by atomic mass is 19.1. The Labute approximate surface area is 119 Å². The normalized spacial score (nSPS) is 13.8. The molecule has 0 saturated heterocycles. The second-order valence-corrected chi connectivity index (χ2v) is 5.11. The molecule has 106 valence electrons. The molecule has 0 bridgehead atoms. The lowest BCUT2D eigenvalue weighted by Crippen LogP contribution is -2.36.